The third kappa shape index (κ3) is 4.43. The van der Waals surface area contributed by atoms with Gasteiger partial charge in [0.2, 0.25) is 0 Å². The monoisotopic (exact) mass is 431 g/mol. The molecule has 0 aliphatic carbocycles. The van der Waals surface area contributed by atoms with Gasteiger partial charge in [0.25, 0.3) is 5.56 Å². The highest BCUT2D eigenvalue weighted by Crippen LogP contribution is 2.30. The van der Waals surface area contributed by atoms with E-state index in [1.54, 1.807) is 26.4 Å². The van der Waals surface area contributed by atoms with Crippen LogP contribution in [0.25, 0.3) is 10.9 Å². The van der Waals surface area contributed by atoms with Crippen molar-refractivity contribution in [2.75, 3.05) is 21.3 Å². The fourth-order valence-corrected chi connectivity index (χ4v) is 3.67. The summed E-state index contributed by atoms with van der Waals surface area (Å²) < 4.78 is 15.9. The maximum Gasteiger partial charge on any atom is 0.258 e. The molecule has 164 valence electrons. The second-order valence-corrected chi connectivity index (χ2v) is 7.23. The summed E-state index contributed by atoms with van der Waals surface area (Å²) in [5, 5.41) is 3.97. The summed E-state index contributed by atoms with van der Waals surface area (Å²) in [7, 11) is 4.74. The van der Waals surface area contributed by atoms with Gasteiger partial charge in [-0.3, -0.25) is 10.1 Å². The van der Waals surface area contributed by atoms with Crippen molar-refractivity contribution in [1.29, 1.82) is 0 Å². The molecule has 4 rings (SSSR count). The number of fused-ring (bicyclic) bond motifs is 1. The molecule has 0 aliphatic heterocycles. The van der Waals surface area contributed by atoms with Gasteiger partial charge in [-0.15, -0.1) is 0 Å². The molecule has 7 heteroatoms. The summed E-state index contributed by atoms with van der Waals surface area (Å²) in [6.07, 6.45) is 0. The number of benzene rings is 3. The van der Waals surface area contributed by atoms with Crippen LogP contribution in [0.5, 0.6) is 17.2 Å². The van der Waals surface area contributed by atoms with Gasteiger partial charge in [-0.2, -0.15) is 0 Å². The van der Waals surface area contributed by atoms with Gasteiger partial charge >= 0.3 is 0 Å². The molecule has 4 aromatic rings. The van der Waals surface area contributed by atoms with Crippen molar-refractivity contribution in [2.45, 2.75) is 12.6 Å². The maximum atomic E-state index is 12.7. The van der Waals surface area contributed by atoms with E-state index < -0.39 is 0 Å². The number of methoxy groups -OCH3 is 3. The van der Waals surface area contributed by atoms with Gasteiger partial charge in [0.1, 0.15) is 11.6 Å². The Morgan fingerprint density at radius 3 is 2.19 bits per heavy atom. The Morgan fingerprint density at radius 1 is 0.875 bits per heavy atom. The van der Waals surface area contributed by atoms with Crippen molar-refractivity contribution in [3.63, 3.8) is 0 Å². The molecule has 3 aromatic carbocycles. The van der Waals surface area contributed by atoms with E-state index in [1.165, 1.54) is 7.11 Å². The summed E-state index contributed by atoms with van der Waals surface area (Å²) in [5.74, 6) is 2.34. The molecule has 0 radical (unpaired) electrons. The number of rotatable bonds is 8. The molecule has 2 N–H and O–H groups in total. The van der Waals surface area contributed by atoms with Crippen molar-refractivity contribution in [2.24, 2.45) is 0 Å². The second kappa shape index (κ2) is 9.53. The first-order chi connectivity index (χ1) is 15.6. The lowest BCUT2D eigenvalue weighted by Gasteiger charge is -2.20. The molecule has 0 spiro atoms. The molecule has 7 nitrogen and oxygen atoms in total. The molecule has 0 unspecified atom stereocenters. The molecule has 0 saturated carbocycles. The average Bonchev–Trinajstić information content (AvgIpc) is 2.84. The van der Waals surface area contributed by atoms with E-state index in [0.29, 0.717) is 34.8 Å². The van der Waals surface area contributed by atoms with Gasteiger partial charge in [0, 0.05) is 6.07 Å². The van der Waals surface area contributed by atoms with E-state index in [-0.39, 0.29) is 11.6 Å². The van der Waals surface area contributed by atoms with Gasteiger partial charge in [0.15, 0.2) is 11.5 Å². The van der Waals surface area contributed by atoms with Crippen molar-refractivity contribution >= 4 is 10.9 Å². The van der Waals surface area contributed by atoms with Crippen LogP contribution in [0.1, 0.15) is 23.0 Å². The van der Waals surface area contributed by atoms with Crippen LogP contribution in [0.15, 0.2) is 71.5 Å². The SMILES string of the molecule is COc1ccc([C@H](NCc2nc3cc(OC)c(OC)cc3c(=O)[nH]2)c2ccccc2)cc1. The number of hydrogen-bond acceptors (Lipinski definition) is 6. The minimum Gasteiger partial charge on any atom is -0.497 e. The number of nitrogens with one attached hydrogen (secondary N) is 2. The number of H-pyrrole nitrogens is 1. The van der Waals surface area contributed by atoms with Crippen LogP contribution in [0, 0.1) is 0 Å². The molecular weight excluding hydrogens is 406 g/mol. The molecule has 1 atom stereocenters. The normalized spacial score (nSPS) is 11.8. The minimum absolute atomic E-state index is 0.0893. The fraction of sp³-hybridized carbons (Fsp3) is 0.200. The van der Waals surface area contributed by atoms with E-state index in [1.807, 2.05) is 42.5 Å². The van der Waals surface area contributed by atoms with E-state index >= 15 is 0 Å². The smallest absolute Gasteiger partial charge is 0.258 e. The Labute approximate surface area is 186 Å². The highest BCUT2D eigenvalue weighted by atomic mass is 16.5. The topological polar surface area (TPSA) is 85.5 Å². The van der Waals surface area contributed by atoms with Gasteiger partial charge in [0.05, 0.1) is 44.8 Å². The van der Waals surface area contributed by atoms with E-state index in [9.17, 15) is 4.79 Å². The first kappa shape index (κ1) is 21.4. The zero-order valence-corrected chi connectivity index (χ0v) is 18.2. The molecule has 0 amide bonds. The molecule has 32 heavy (non-hydrogen) atoms. The maximum absolute atomic E-state index is 12.7. The summed E-state index contributed by atoms with van der Waals surface area (Å²) in [6, 6.07) is 21.3. The molecule has 0 fully saturated rings. The predicted octanol–water partition coefficient (Wildman–Crippen LogP) is 3.83. The summed E-state index contributed by atoms with van der Waals surface area (Å²) in [5.41, 5.74) is 2.50. The lowest BCUT2D eigenvalue weighted by Crippen LogP contribution is -2.25. The number of aromatic amines is 1. The number of ether oxygens (including phenoxy) is 3. The molecule has 0 bridgehead atoms. The molecule has 0 aliphatic rings. The van der Waals surface area contributed by atoms with Gasteiger partial charge in [-0.05, 0) is 29.3 Å². The van der Waals surface area contributed by atoms with E-state index in [0.717, 1.165) is 16.9 Å². The number of nitrogens with zero attached hydrogens (tertiary/aromatic N) is 1. The van der Waals surface area contributed by atoms with Crippen LogP contribution < -0.4 is 25.1 Å². The quantitative estimate of drug-likeness (QED) is 0.441. The first-order valence-corrected chi connectivity index (χ1v) is 10.2. The van der Waals surface area contributed by atoms with Crippen LogP contribution in [0.4, 0.5) is 0 Å². The second-order valence-electron chi connectivity index (χ2n) is 7.23. The van der Waals surface area contributed by atoms with Crippen molar-refractivity contribution < 1.29 is 14.2 Å². The van der Waals surface area contributed by atoms with Crippen LogP contribution in [0.3, 0.4) is 0 Å². The lowest BCUT2D eigenvalue weighted by molar-refractivity contribution is 0.355. The van der Waals surface area contributed by atoms with Crippen LogP contribution in [0.2, 0.25) is 0 Å². The fourth-order valence-electron chi connectivity index (χ4n) is 3.67. The van der Waals surface area contributed by atoms with Crippen molar-refractivity contribution in [1.82, 2.24) is 15.3 Å². The Kier molecular flexibility index (Phi) is 6.37. The average molecular weight is 431 g/mol. The standard InChI is InChI=1S/C25H25N3O4/c1-30-18-11-9-17(10-12-18)24(16-7-5-4-6-8-16)26-15-23-27-20-14-22(32-3)21(31-2)13-19(20)25(29)28-23/h4-14,24,26H,15H2,1-3H3,(H,27,28,29)/t24-/m1/s1. The van der Waals surface area contributed by atoms with Gasteiger partial charge < -0.3 is 19.2 Å². The highest BCUT2D eigenvalue weighted by molar-refractivity contribution is 5.81. The van der Waals surface area contributed by atoms with Crippen LogP contribution in [-0.2, 0) is 6.54 Å². The molecular formula is C25H25N3O4. The largest absolute Gasteiger partial charge is 0.497 e. The third-order valence-corrected chi connectivity index (χ3v) is 5.32. The Bertz CT molecular complexity index is 1250. The molecule has 0 saturated heterocycles. The lowest BCUT2D eigenvalue weighted by atomic mass is 9.98. The first-order valence-electron chi connectivity index (χ1n) is 10.2. The predicted molar refractivity (Wildman–Crippen MR) is 124 cm³/mol. The Hall–Kier alpha value is -3.84. The zero-order valence-electron chi connectivity index (χ0n) is 18.2. The van der Waals surface area contributed by atoms with E-state index in [2.05, 4.69) is 27.4 Å². The van der Waals surface area contributed by atoms with Crippen molar-refractivity contribution in [3.05, 3.63) is 94.0 Å². The third-order valence-electron chi connectivity index (χ3n) is 5.32. The van der Waals surface area contributed by atoms with Crippen LogP contribution in [-0.4, -0.2) is 31.3 Å². The number of hydrogen-bond donors (Lipinski definition) is 2. The van der Waals surface area contributed by atoms with E-state index in [4.69, 9.17) is 14.2 Å². The molecule has 1 aromatic heterocycles. The molecule has 1 heterocycles. The van der Waals surface area contributed by atoms with Crippen LogP contribution >= 0.6 is 0 Å². The Balaban J connectivity index is 1.65. The Morgan fingerprint density at radius 2 is 1.53 bits per heavy atom. The summed E-state index contributed by atoms with van der Waals surface area (Å²) in [4.78, 5) is 20.2. The summed E-state index contributed by atoms with van der Waals surface area (Å²) in [6.45, 7) is 0.366. The minimum atomic E-state index is -0.228. The van der Waals surface area contributed by atoms with Crippen molar-refractivity contribution in [3.8, 4) is 17.2 Å². The zero-order chi connectivity index (χ0) is 22.5. The number of aromatic nitrogens is 2. The van der Waals surface area contributed by atoms with Gasteiger partial charge in [-0.25, -0.2) is 4.98 Å². The van der Waals surface area contributed by atoms with Gasteiger partial charge in [-0.1, -0.05) is 42.5 Å². The highest BCUT2D eigenvalue weighted by Gasteiger charge is 2.16. The summed E-state index contributed by atoms with van der Waals surface area (Å²) >= 11 is 0.